The molecule has 7 heteroatoms. The van der Waals surface area contributed by atoms with Gasteiger partial charge < -0.3 is 14.4 Å². The average molecular weight is 374 g/mol. The SMILES string of the molecule is Cc1cc(C)cc(N2CCN(S(=O)(=O)c3ccc4c(c3)OCO4)CC2)c1. The molecule has 2 aromatic carbocycles. The van der Waals surface area contributed by atoms with Crippen LogP contribution in [0.1, 0.15) is 11.1 Å². The highest BCUT2D eigenvalue weighted by Gasteiger charge is 2.30. The lowest BCUT2D eigenvalue weighted by Crippen LogP contribution is -2.48. The third-order valence-electron chi connectivity index (χ3n) is 4.79. The number of nitrogens with zero attached hydrogens (tertiary/aromatic N) is 2. The standard InChI is InChI=1S/C19H22N2O4S/c1-14-9-15(2)11-16(10-14)20-5-7-21(8-6-20)26(22,23)17-3-4-18-19(12-17)25-13-24-18/h3-4,9-12H,5-8,13H2,1-2H3. The van der Waals surface area contributed by atoms with E-state index in [0.717, 1.165) is 5.69 Å². The molecule has 0 spiro atoms. The monoisotopic (exact) mass is 374 g/mol. The molecule has 0 saturated carbocycles. The predicted molar refractivity (Wildman–Crippen MR) is 99.5 cm³/mol. The first-order chi connectivity index (χ1) is 12.4. The molecule has 1 saturated heterocycles. The normalized spacial score (nSPS) is 17.5. The van der Waals surface area contributed by atoms with Crippen LogP contribution in [0.15, 0.2) is 41.3 Å². The van der Waals surface area contributed by atoms with Gasteiger partial charge in [0.05, 0.1) is 4.90 Å². The molecule has 0 amide bonds. The van der Waals surface area contributed by atoms with Crippen LogP contribution >= 0.6 is 0 Å². The second kappa shape index (κ2) is 6.48. The molecule has 0 aromatic heterocycles. The number of hydrogen-bond acceptors (Lipinski definition) is 5. The molecule has 0 N–H and O–H groups in total. The number of sulfonamides is 1. The van der Waals surface area contributed by atoms with Crippen molar-refractivity contribution in [1.82, 2.24) is 4.31 Å². The van der Waals surface area contributed by atoms with Crippen LogP contribution < -0.4 is 14.4 Å². The van der Waals surface area contributed by atoms with Crippen molar-refractivity contribution in [2.45, 2.75) is 18.7 Å². The Morgan fingerprint density at radius 2 is 1.50 bits per heavy atom. The second-order valence-corrected chi connectivity index (χ2v) is 8.69. The van der Waals surface area contributed by atoms with Crippen LogP contribution in [-0.2, 0) is 10.0 Å². The van der Waals surface area contributed by atoms with E-state index >= 15 is 0 Å². The van der Waals surface area contributed by atoms with Gasteiger partial charge in [0.15, 0.2) is 11.5 Å². The minimum absolute atomic E-state index is 0.132. The van der Waals surface area contributed by atoms with Gasteiger partial charge in [-0.05, 0) is 49.2 Å². The molecule has 2 aromatic rings. The predicted octanol–water partition coefficient (Wildman–Crippen LogP) is 2.54. The number of fused-ring (bicyclic) bond motifs is 1. The maximum Gasteiger partial charge on any atom is 0.243 e. The third kappa shape index (κ3) is 3.12. The molecule has 0 aliphatic carbocycles. The van der Waals surface area contributed by atoms with E-state index in [1.165, 1.54) is 11.1 Å². The Balaban J connectivity index is 1.50. The van der Waals surface area contributed by atoms with Crippen molar-refractivity contribution in [2.24, 2.45) is 0 Å². The fourth-order valence-electron chi connectivity index (χ4n) is 3.51. The Bertz CT molecular complexity index is 914. The molecule has 1 fully saturated rings. The second-order valence-electron chi connectivity index (χ2n) is 6.75. The summed E-state index contributed by atoms with van der Waals surface area (Å²) in [5.41, 5.74) is 3.59. The van der Waals surface area contributed by atoms with E-state index in [4.69, 9.17) is 9.47 Å². The van der Waals surface area contributed by atoms with Crippen molar-refractivity contribution in [2.75, 3.05) is 37.9 Å². The number of aryl methyl sites for hydroxylation is 2. The van der Waals surface area contributed by atoms with Crippen LogP contribution in [0.5, 0.6) is 11.5 Å². The summed E-state index contributed by atoms with van der Waals surface area (Å²) in [5, 5.41) is 0. The molecule has 0 unspecified atom stereocenters. The smallest absolute Gasteiger partial charge is 0.243 e. The van der Waals surface area contributed by atoms with E-state index in [0.29, 0.717) is 37.7 Å². The number of ether oxygens (including phenoxy) is 2. The quantitative estimate of drug-likeness (QED) is 0.826. The summed E-state index contributed by atoms with van der Waals surface area (Å²) >= 11 is 0. The molecule has 2 aliphatic rings. The fourth-order valence-corrected chi connectivity index (χ4v) is 4.94. The van der Waals surface area contributed by atoms with Crippen LogP contribution in [0.3, 0.4) is 0 Å². The molecule has 0 radical (unpaired) electrons. The molecule has 26 heavy (non-hydrogen) atoms. The van der Waals surface area contributed by atoms with Gasteiger partial charge in [-0.15, -0.1) is 0 Å². The minimum atomic E-state index is -3.53. The van der Waals surface area contributed by atoms with Gasteiger partial charge in [0.2, 0.25) is 16.8 Å². The largest absolute Gasteiger partial charge is 0.454 e. The van der Waals surface area contributed by atoms with E-state index in [1.807, 2.05) is 0 Å². The first-order valence-electron chi connectivity index (χ1n) is 8.66. The summed E-state index contributed by atoms with van der Waals surface area (Å²) in [6.45, 7) is 6.56. The van der Waals surface area contributed by atoms with Crippen molar-refractivity contribution in [1.29, 1.82) is 0 Å². The van der Waals surface area contributed by atoms with Gasteiger partial charge >= 0.3 is 0 Å². The molecule has 4 rings (SSSR count). The lowest BCUT2D eigenvalue weighted by molar-refractivity contribution is 0.174. The maximum absolute atomic E-state index is 12.9. The number of piperazine rings is 1. The van der Waals surface area contributed by atoms with E-state index in [-0.39, 0.29) is 11.7 Å². The zero-order valence-electron chi connectivity index (χ0n) is 14.9. The van der Waals surface area contributed by atoms with Crippen molar-refractivity contribution in [3.05, 3.63) is 47.5 Å². The molecule has 2 heterocycles. The third-order valence-corrected chi connectivity index (χ3v) is 6.69. The summed E-state index contributed by atoms with van der Waals surface area (Å²) < 4.78 is 38.0. The van der Waals surface area contributed by atoms with Gasteiger partial charge in [0.25, 0.3) is 0 Å². The zero-order valence-corrected chi connectivity index (χ0v) is 15.8. The fraction of sp³-hybridized carbons (Fsp3) is 0.368. The number of hydrogen-bond donors (Lipinski definition) is 0. The summed E-state index contributed by atoms with van der Waals surface area (Å²) in [4.78, 5) is 2.49. The molecule has 0 bridgehead atoms. The van der Waals surface area contributed by atoms with Crippen LogP contribution in [0.2, 0.25) is 0 Å². The zero-order chi connectivity index (χ0) is 18.3. The molecular weight excluding hydrogens is 352 g/mol. The molecule has 6 nitrogen and oxygen atoms in total. The van der Waals surface area contributed by atoms with Crippen LogP contribution in [-0.4, -0.2) is 45.7 Å². The molecular formula is C19H22N2O4S. The van der Waals surface area contributed by atoms with Crippen LogP contribution in [0.25, 0.3) is 0 Å². The first-order valence-corrected chi connectivity index (χ1v) is 10.1. The Hall–Kier alpha value is -2.25. The van der Waals surface area contributed by atoms with Crippen molar-refractivity contribution >= 4 is 15.7 Å². The number of benzene rings is 2. The molecule has 138 valence electrons. The molecule has 0 atom stereocenters. The maximum atomic E-state index is 12.9. The van der Waals surface area contributed by atoms with E-state index in [9.17, 15) is 8.42 Å². The minimum Gasteiger partial charge on any atom is -0.454 e. The summed E-state index contributed by atoms with van der Waals surface area (Å²) in [6, 6.07) is 11.2. The van der Waals surface area contributed by atoms with E-state index < -0.39 is 10.0 Å². The van der Waals surface area contributed by atoms with Crippen LogP contribution in [0.4, 0.5) is 5.69 Å². The van der Waals surface area contributed by atoms with Gasteiger partial charge in [-0.2, -0.15) is 4.31 Å². The Labute approximate surface area is 154 Å². The number of rotatable bonds is 3. The lowest BCUT2D eigenvalue weighted by Gasteiger charge is -2.35. The van der Waals surface area contributed by atoms with Gasteiger partial charge in [-0.1, -0.05) is 6.07 Å². The highest BCUT2D eigenvalue weighted by molar-refractivity contribution is 7.89. The van der Waals surface area contributed by atoms with E-state index in [2.05, 4.69) is 36.9 Å². The Morgan fingerprint density at radius 1 is 0.846 bits per heavy atom. The van der Waals surface area contributed by atoms with Crippen LogP contribution in [0, 0.1) is 13.8 Å². The highest BCUT2D eigenvalue weighted by Crippen LogP contribution is 2.35. The highest BCUT2D eigenvalue weighted by atomic mass is 32.2. The summed E-state index contributed by atoms with van der Waals surface area (Å²) in [6.07, 6.45) is 0. The summed E-state index contributed by atoms with van der Waals surface area (Å²) in [5.74, 6) is 1.07. The van der Waals surface area contributed by atoms with Crippen molar-refractivity contribution in [3.8, 4) is 11.5 Å². The van der Waals surface area contributed by atoms with Gasteiger partial charge in [-0.3, -0.25) is 0 Å². The Morgan fingerprint density at radius 3 is 2.19 bits per heavy atom. The van der Waals surface area contributed by atoms with E-state index in [1.54, 1.807) is 22.5 Å². The van der Waals surface area contributed by atoms with Crippen molar-refractivity contribution < 1.29 is 17.9 Å². The van der Waals surface area contributed by atoms with Gasteiger partial charge in [0, 0.05) is 37.9 Å². The van der Waals surface area contributed by atoms with Gasteiger partial charge in [0.1, 0.15) is 0 Å². The summed E-state index contributed by atoms with van der Waals surface area (Å²) in [7, 11) is -3.53. The average Bonchev–Trinajstić information content (AvgIpc) is 3.09. The number of anilines is 1. The molecule has 2 aliphatic heterocycles. The Kier molecular flexibility index (Phi) is 4.28. The van der Waals surface area contributed by atoms with Crippen molar-refractivity contribution in [3.63, 3.8) is 0 Å². The van der Waals surface area contributed by atoms with Gasteiger partial charge in [-0.25, -0.2) is 8.42 Å². The lowest BCUT2D eigenvalue weighted by atomic mass is 10.1. The first kappa shape index (κ1) is 17.2. The topological polar surface area (TPSA) is 59.1 Å².